The van der Waals surface area contributed by atoms with Crippen LogP contribution in [0.5, 0.6) is 0 Å². The molecule has 4 heteroatoms. The maximum Gasteiger partial charge on any atom is 0.113 e. The molecule has 0 unspecified atom stereocenters. The molecule has 0 spiro atoms. The van der Waals surface area contributed by atoms with E-state index in [4.69, 9.17) is 17.3 Å². The zero-order chi connectivity index (χ0) is 9.97. The highest BCUT2D eigenvalue weighted by molar-refractivity contribution is 6.33. The molecule has 0 atom stereocenters. The summed E-state index contributed by atoms with van der Waals surface area (Å²) in [6.07, 6.45) is 3.33. The average Bonchev–Trinajstić information content (AvgIpc) is 2.20. The molecular weight excluding hydrogens is 198 g/mol. The second-order valence-electron chi connectivity index (χ2n) is 2.78. The molecule has 0 radical (unpaired) electrons. The normalized spacial score (nSPS) is 10.1. The Labute approximate surface area is 86.6 Å². The number of nitrogen functional groups attached to an aromatic ring is 1. The predicted octanol–water partition coefficient (Wildman–Crippen LogP) is 2.38. The van der Waals surface area contributed by atoms with E-state index in [0.717, 1.165) is 0 Å². The lowest BCUT2D eigenvalue weighted by Gasteiger charge is -2.04. The Balaban J connectivity index is 2.61. The van der Waals surface area contributed by atoms with Crippen LogP contribution in [-0.2, 0) is 0 Å². The molecule has 0 aliphatic rings. The van der Waals surface area contributed by atoms with Crippen LogP contribution in [0.3, 0.4) is 0 Å². The topological polar surface area (TPSA) is 51.8 Å². The summed E-state index contributed by atoms with van der Waals surface area (Å²) >= 11 is 5.97. The van der Waals surface area contributed by atoms with Crippen LogP contribution >= 0.6 is 11.6 Å². The molecule has 0 saturated carbocycles. The van der Waals surface area contributed by atoms with Crippen LogP contribution in [0.2, 0.25) is 5.02 Å². The SMILES string of the molecule is Nc1cccnc1-c1ncccc1Cl. The van der Waals surface area contributed by atoms with Gasteiger partial charge in [0.25, 0.3) is 0 Å². The van der Waals surface area contributed by atoms with Crippen molar-refractivity contribution in [2.45, 2.75) is 0 Å². The minimum atomic E-state index is 0.554. The highest BCUT2D eigenvalue weighted by atomic mass is 35.5. The number of hydrogen-bond donors (Lipinski definition) is 1. The number of anilines is 1. The Morgan fingerprint density at radius 1 is 1.00 bits per heavy atom. The van der Waals surface area contributed by atoms with E-state index in [-0.39, 0.29) is 0 Å². The molecule has 2 aromatic heterocycles. The Morgan fingerprint density at radius 3 is 2.29 bits per heavy atom. The summed E-state index contributed by atoms with van der Waals surface area (Å²) < 4.78 is 0. The first-order valence-corrected chi connectivity index (χ1v) is 4.48. The summed E-state index contributed by atoms with van der Waals surface area (Å²) in [6.45, 7) is 0. The molecule has 2 heterocycles. The third-order valence-electron chi connectivity index (χ3n) is 1.82. The fourth-order valence-corrected chi connectivity index (χ4v) is 1.39. The van der Waals surface area contributed by atoms with E-state index in [2.05, 4.69) is 9.97 Å². The third-order valence-corrected chi connectivity index (χ3v) is 2.13. The first kappa shape index (κ1) is 8.97. The van der Waals surface area contributed by atoms with Gasteiger partial charge in [-0.1, -0.05) is 11.6 Å². The maximum atomic E-state index is 5.97. The van der Waals surface area contributed by atoms with Crippen LogP contribution in [0, 0.1) is 0 Å². The number of nitrogens with zero attached hydrogens (tertiary/aromatic N) is 2. The minimum absolute atomic E-state index is 0.554. The minimum Gasteiger partial charge on any atom is -0.397 e. The molecule has 2 aromatic rings. The van der Waals surface area contributed by atoms with Gasteiger partial charge in [0.1, 0.15) is 11.4 Å². The summed E-state index contributed by atoms with van der Waals surface area (Å²) in [7, 11) is 0. The Kier molecular flexibility index (Phi) is 2.33. The highest BCUT2D eigenvalue weighted by Crippen LogP contribution is 2.26. The van der Waals surface area contributed by atoms with Gasteiger partial charge in [0.05, 0.1) is 10.7 Å². The van der Waals surface area contributed by atoms with Gasteiger partial charge in [0, 0.05) is 12.4 Å². The zero-order valence-corrected chi connectivity index (χ0v) is 8.07. The Hall–Kier alpha value is -1.61. The molecule has 0 saturated heterocycles. The third kappa shape index (κ3) is 1.54. The largest absolute Gasteiger partial charge is 0.397 e. The molecule has 0 aliphatic carbocycles. The van der Waals surface area contributed by atoms with Crippen LogP contribution in [0.4, 0.5) is 5.69 Å². The summed E-state index contributed by atoms with van der Waals surface area (Å²) in [4.78, 5) is 8.27. The van der Waals surface area contributed by atoms with Gasteiger partial charge in [-0.3, -0.25) is 9.97 Å². The summed E-state index contributed by atoms with van der Waals surface area (Å²) in [5.41, 5.74) is 7.58. The fourth-order valence-electron chi connectivity index (χ4n) is 1.18. The summed E-state index contributed by atoms with van der Waals surface area (Å²) in [6, 6.07) is 7.08. The molecule has 0 aromatic carbocycles. The lowest BCUT2D eigenvalue weighted by Crippen LogP contribution is -1.94. The molecule has 0 amide bonds. The lowest BCUT2D eigenvalue weighted by atomic mass is 10.2. The van der Waals surface area contributed by atoms with E-state index in [9.17, 15) is 0 Å². The molecule has 0 fully saturated rings. The predicted molar refractivity (Wildman–Crippen MR) is 56.9 cm³/mol. The smallest absolute Gasteiger partial charge is 0.113 e. The number of rotatable bonds is 1. The maximum absolute atomic E-state index is 5.97. The number of pyridine rings is 2. The van der Waals surface area contributed by atoms with E-state index < -0.39 is 0 Å². The van der Waals surface area contributed by atoms with E-state index in [1.54, 1.807) is 36.7 Å². The molecule has 0 bridgehead atoms. The fraction of sp³-hybridized carbons (Fsp3) is 0. The van der Waals surface area contributed by atoms with Crippen molar-refractivity contribution < 1.29 is 0 Å². The van der Waals surface area contributed by atoms with Crippen molar-refractivity contribution in [3.63, 3.8) is 0 Å². The second kappa shape index (κ2) is 3.64. The van der Waals surface area contributed by atoms with Crippen molar-refractivity contribution in [3.05, 3.63) is 41.7 Å². The van der Waals surface area contributed by atoms with Crippen LogP contribution in [0.1, 0.15) is 0 Å². The monoisotopic (exact) mass is 205 g/mol. The van der Waals surface area contributed by atoms with Crippen molar-refractivity contribution in [3.8, 4) is 11.4 Å². The van der Waals surface area contributed by atoms with Crippen LogP contribution in [0.15, 0.2) is 36.7 Å². The number of nitrogens with two attached hydrogens (primary N) is 1. The molecule has 2 rings (SSSR count). The van der Waals surface area contributed by atoms with Crippen molar-refractivity contribution in [1.29, 1.82) is 0 Å². The number of halogens is 1. The van der Waals surface area contributed by atoms with Gasteiger partial charge >= 0.3 is 0 Å². The highest BCUT2D eigenvalue weighted by Gasteiger charge is 2.07. The average molecular weight is 206 g/mol. The second-order valence-corrected chi connectivity index (χ2v) is 3.18. The van der Waals surface area contributed by atoms with Gasteiger partial charge in [-0.2, -0.15) is 0 Å². The molecule has 70 valence electrons. The van der Waals surface area contributed by atoms with Gasteiger partial charge in [-0.15, -0.1) is 0 Å². The summed E-state index contributed by atoms with van der Waals surface area (Å²) in [5.74, 6) is 0. The van der Waals surface area contributed by atoms with Gasteiger partial charge < -0.3 is 5.73 Å². The first-order valence-electron chi connectivity index (χ1n) is 4.10. The van der Waals surface area contributed by atoms with Crippen molar-refractivity contribution in [2.24, 2.45) is 0 Å². The van der Waals surface area contributed by atoms with Gasteiger partial charge in [0.2, 0.25) is 0 Å². The standard InChI is InChI=1S/C10H8ClN3/c11-7-3-1-5-13-9(7)10-8(12)4-2-6-14-10/h1-6H,12H2. The number of hydrogen-bond acceptors (Lipinski definition) is 3. The van der Waals surface area contributed by atoms with E-state index in [1.807, 2.05) is 0 Å². The van der Waals surface area contributed by atoms with Crippen LogP contribution in [-0.4, -0.2) is 9.97 Å². The Bertz CT molecular complexity index is 413. The van der Waals surface area contributed by atoms with E-state index in [1.165, 1.54) is 0 Å². The van der Waals surface area contributed by atoms with Gasteiger partial charge in [-0.25, -0.2) is 0 Å². The van der Waals surface area contributed by atoms with Crippen molar-refractivity contribution in [2.75, 3.05) is 5.73 Å². The summed E-state index contributed by atoms with van der Waals surface area (Å²) in [5, 5.41) is 0.554. The lowest BCUT2D eigenvalue weighted by molar-refractivity contribution is 1.25. The molecule has 0 aliphatic heterocycles. The van der Waals surface area contributed by atoms with Gasteiger partial charge in [0.15, 0.2) is 0 Å². The quantitative estimate of drug-likeness (QED) is 0.778. The molecule has 3 nitrogen and oxygen atoms in total. The van der Waals surface area contributed by atoms with Crippen LogP contribution in [0.25, 0.3) is 11.4 Å². The van der Waals surface area contributed by atoms with E-state index in [0.29, 0.717) is 22.1 Å². The van der Waals surface area contributed by atoms with Crippen molar-refractivity contribution >= 4 is 17.3 Å². The zero-order valence-electron chi connectivity index (χ0n) is 7.31. The molecule has 2 N–H and O–H groups in total. The van der Waals surface area contributed by atoms with Gasteiger partial charge in [-0.05, 0) is 24.3 Å². The number of aromatic nitrogens is 2. The Morgan fingerprint density at radius 2 is 1.64 bits per heavy atom. The first-order chi connectivity index (χ1) is 6.79. The van der Waals surface area contributed by atoms with Crippen LogP contribution < -0.4 is 5.73 Å². The molecular formula is C10H8ClN3. The van der Waals surface area contributed by atoms with E-state index >= 15 is 0 Å². The molecule has 14 heavy (non-hydrogen) atoms. The van der Waals surface area contributed by atoms with Crippen molar-refractivity contribution in [1.82, 2.24) is 9.97 Å².